The van der Waals surface area contributed by atoms with E-state index in [-0.39, 0.29) is 0 Å². The molecule has 0 amide bonds. The summed E-state index contributed by atoms with van der Waals surface area (Å²) < 4.78 is 1.67. The van der Waals surface area contributed by atoms with E-state index in [9.17, 15) is 0 Å². The van der Waals surface area contributed by atoms with Crippen LogP contribution in [0.15, 0.2) is 18.7 Å². The third kappa shape index (κ3) is 1.68. The summed E-state index contributed by atoms with van der Waals surface area (Å²) in [5.74, 6) is 0. The van der Waals surface area contributed by atoms with Crippen LogP contribution in [-0.4, -0.2) is 14.8 Å². The standard InChI is InChI=1S/C6H9N3/c1-2-3-4-9-6-7-5-8-9/h3-6H,2H2,1H3. The molecule has 3 nitrogen and oxygen atoms in total. The van der Waals surface area contributed by atoms with Gasteiger partial charge in [0.2, 0.25) is 0 Å². The number of aromatic nitrogens is 3. The molecule has 0 unspecified atom stereocenters. The SMILES string of the molecule is CCC=Cn1cncn1. The number of allylic oxidation sites excluding steroid dienone is 1. The van der Waals surface area contributed by atoms with E-state index in [2.05, 4.69) is 17.0 Å². The smallest absolute Gasteiger partial charge is 0.138 e. The Bertz CT molecular complexity index is 176. The zero-order chi connectivity index (χ0) is 6.53. The van der Waals surface area contributed by atoms with Crippen LogP contribution in [0.25, 0.3) is 6.20 Å². The lowest BCUT2D eigenvalue weighted by Gasteiger charge is -1.83. The normalized spacial score (nSPS) is 10.8. The van der Waals surface area contributed by atoms with Gasteiger partial charge in [-0.15, -0.1) is 0 Å². The Morgan fingerprint density at radius 3 is 3.11 bits per heavy atom. The summed E-state index contributed by atoms with van der Waals surface area (Å²) in [7, 11) is 0. The molecule has 1 aromatic rings. The molecule has 9 heavy (non-hydrogen) atoms. The maximum Gasteiger partial charge on any atom is 0.138 e. The predicted molar refractivity (Wildman–Crippen MR) is 35.6 cm³/mol. The summed E-state index contributed by atoms with van der Waals surface area (Å²) in [5.41, 5.74) is 0. The second kappa shape index (κ2) is 3.02. The van der Waals surface area contributed by atoms with Crippen LogP contribution >= 0.6 is 0 Å². The van der Waals surface area contributed by atoms with E-state index in [0.717, 1.165) is 6.42 Å². The van der Waals surface area contributed by atoms with Crippen molar-refractivity contribution in [2.24, 2.45) is 0 Å². The lowest BCUT2D eigenvalue weighted by atomic mass is 10.5. The summed E-state index contributed by atoms with van der Waals surface area (Å²) in [4.78, 5) is 3.78. The lowest BCUT2D eigenvalue weighted by Crippen LogP contribution is -1.83. The summed E-state index contributed by atoms with van der Waals surface area (Å²) >= 11 is 0. The molecule has 0 aromatic carbocycles. The molecule has 1 aromatic heterocycles. The largest absolute Gasteiger partial charge is 0.229 e. The third-order valence-corrected chi connectivity index (χ3v) is 0.930. The highest BCUT2D eigenvalue weighted by Crippen LogP contribution is 1.83. The molecule has 0 radical (unpaired) electrons. The Morgan fingerprint density at radius 2 is 2.56 bits per heavy atom. The van der Waals surface area contributed by atoms with Gasteiger partial charge in [0.05, 0.1) is 0 Å². The van der Waals surface area contributed by atoms with Gasteiger partial charge in [-0.2, -0.15) is 5.10 Å². The van der Waals surface area contributed by atoms with Crippen molar-refractivity contribution in [2.75, 3.05) is 0 Å². The molecule has 0 atom stereocenters. The van der Waals surface area contributed by atoms with E-state index >= 15 is 0 Å². The maximum absolute atomic E-state index is 3.87. The fourth-order valence-electron chi connectivity index (χ4n) is 0.508. The molecule has 0 bridgehead atoms. The van der Waals surface area contributed by atoms with Gasteiger partial charge in [0, 0.05) is 6.20 Å². The van der Waals surface area contributed by atoms with Gasteiger partial charge in [-0.05, 0) is 6.42 Å². The Labute approximate surface area is 54.0 Å². The Morgan fingerprint density at radius 1 is 1.67 bits per heavy atom. The Balaban J connectivity index is 2.57. The van der Waals surface area contributed by atoms with Gasteiger partial charge in [0.1, 0.15) is 12.7 Å². The van der Waals surface area contributed by atoms with Gasteiger partial charge in [-0.25, -0.2) is 9.67 Å². The van der Waals surface area contributed by atoms with Gasteiger partial charge < -0.3 is 0 Å². The Hall–Kier alpha value is -1.12. The van der Waals surface area contributed by atoms with Crippen molar-refractivity contribution in [1.29, 1.82) is 0 Å². The van der Waals surface area contributed by atoms with Crippen molar-refractivity contribution in [2.45, 2.75) is 13.3 Å². The number of rotatable bonds is 2. The zero-order valence-electron chi connectivity index (χ0n) is 5.36. The first-order valence-corrected chi connectivity index (χ1v) is 2.94. The van der Waals surface area contributed by atoms with Gasteiger partial charge >= 0.3 is 0 Å². The highest BCUT2D eigenvalue weighted by Gasteiger charge is 1.77. The first-order chi connectivity index (χ1) is 4.43. The number of hydrogen-bond donors (Lipinski definition) is 0. The molecule has 3 heteroatoms. The average Bonchev–Trinajstić information content (AvgIpc) is 2.34. The molecular weight excluding hydrogens is 114 g/mol. The van der Waals surface area contributed by atoms with E-state index in [1.165, 1.54) is 6.33 Å². The van der Waals surface area contributed by atoms with Crippen molar-refractivity contribution >= 4 is 6.20 Å². The van der Waals surface area contributed by atoms with Gasteiger partial charge in [0.15, 0.2) is 0 Å². The topological polar surface area (TPSA) is 30.7 Å². The third-order valence-electron chi connectivity index (χ3n) is 0.930. The molecule has 48 valence electrons. The molecule has 0 fully saturated rings. The minimum absolute atomic E-state index is 1.03. The quantitative estimate of drug-likeness (QED) is 0.590. The number of nitrogens with zero attached hydrogens (tertiary/aromatic N) is 3. The van der Waals surface area contributed by atoms with Crippen molar-refractivity contribution in [1.82, 2.24) is 14.8 Å². The zero-order valence-corrected chi connectivity index (χ0v) is 5.36. The highest BCUT2D eigenvalue weighted by molar-refractivity contribution is 5.17. The lowest BCUT2D eigenvalue weighted by molar-refractivity contribution is 0.928. The van der Waals surface area contributed by atoms with Gasteiger partial charge in [-0.1, -0.05) is 13.0 Å². The van der Waals surface area contributed by atoms with Crippen LogP contribution in [0, 0.1) is 0 Å². The van der Waals surface area contributed by atoms with Crippen LogP contribution in [0.5, 0.6) is 0 Å². The van der Waals surface area contributed by atoms with Gasteiger partial charge in [0.25, 0.3) is 0 Å². The van der Waals surface area contributed by atoms with Crippen molar-refractivity contribution in [3.05, 3.63) is 18.7 Å². The van der Waals surface area contributed by atoms with Crippen molar-refractivity contribution < 1.29 is 0 Å². The minimum atomic E-state index is 1.03. The summed E-state index contributed by atoms with van der Waals surface area (Å²) in [6.45, 7) is 2.08. The van der Waals surface area contributed by atoms with E-state index < -0.39 is 0 Å². The highest BCUT2D eigenvalue weighted by atomic mass is 15.3. The fraction of sp³-hybridized carbons (Fsp3) is 0.333. The molecule has 0 aliphatic heterocycles. The average molecular weight is 123 g/mol. The summed E-state index contributed by atoms with van der Waals surface area (Å²) in [6, 6.07) is 0. The van der Waals surface area contributed by atoms with E-state index in [1.54, 1.807) is 11.0 Å². The monoisotopic (exact) mass is 123 g/mol. The molecule has 1 heterocycles. The summed E-state index contributed by atoms with van der Waals surface area (Å²) in [6.07, 6.45) is 8.10. The van der Waals surface area contributed by atoms with Crippen molar-refractivity contribution in [3.8, 4) is 0 Å². The molecule has 0 saturated carbocycles. The molecule has 0 spiro atoms. The molecular formula is C6H9N3. The molecule has 0 aliphatic carbocycles. The second-order valence-corrected chi connectivity index (χ2v) is 1.67. The fourth-order valence-corrected chi connectivity index (χ4v) is 0.508. The van der Waals surface area contributed by atoms with Crippen LogP contribution in [0.3, 0.4) is 0 Å². The molecule has 0 aliphatic rings. The molecule has 0 N–H and O–H groups in total. The first kappa shape index (κ1) is 6.01. The summed E-state index contributed by atoms with van der Waals surface area (Å²) in [5, 5.41) is 3.87. The maximum atomic E-state index is 3.87. The van der Waals surface area contributed by atoms with E-state index in [1.807, 2.05) is 12.3 Å². The predicted octanol–water partition coefficient (Wildman–Crippen LogP) is 1.16. The Kier molecular flexibility index (Phi) is 2.01. The van der Waals surface area contributed by atoms with Crippen LogP contribution in [0.4, 0.5) is 0 Å². The van der Waals surface area contributed by atoms with Crippen LogP contribution in [0.1, 0.15) is 13.3 Å². The van der Waals surface area contributed by atoms with Crippen LogP contribution < -0.4 is 0 Å². The van der Waals surface area contributed by atoms with Crippen molar-refractivity contribution in [3.63, 3.8) is 0 Å². The van der Waals surface area contributed by atoms with E-state index in [0.29, 0.717) is 0 Å². The second-order valence-electron chi connectivity index (χ2n) is 1.67. The first-order valence-electron chi connectivity index (χ1n) is 2.94. The van der Waals surface area contributed by atoms with Crippen LogP contribution in [0.2, 0.25) is 0 Å². The molecule has 0 saturated heterocycles. The van der Waals surface area contributed by atoms with E-state index in [4.69, 9.17) is 0 Å². The van der Waals surface area contributed by atoms with Crippen LogP contribution in [-0.2, 0) is 0 Å². The molecule has 1 rings (SSSR count). The minimum Gasteiger partial charge on any atom is -0.229 e. The number of hydrogen-bond acceptors (Lipinski definition) is 2. The van der Waals surface area contributed by atoms with Gasteiger partial charge in [-0.3, -0.25) is 0 Å².